The van der Waals surface area contributed by atoms with Crippen molar-refractivity contribution < 1.29 is 14.3 Å². The predicted octanol–water partition coefficient (Wildman–Crippen LogP) is 3.19. The first-order valence-corrected chi connectivity index (χ1v) is 8.95. The third-order valence-corrected chi connectivity index (χ3v) is 2.92. The zero-order valence-electron chi connectivity index (χ0n) is 15.4. The van der Waals surface area contributed by atoms with Crippen molar-refractivity contribution in [2.45, 2.75) is 59.1 Å². The maximum atomic E-state index is 11.6. The van der Waals surface area contributed by atoms with E-state index in [0.717, 1.165) is 39.1 Å². The van der Waals surface area contributed by atoms with Gasteiger partial charge in [0.25, 0.3) is 0 Å². The van der Waals surface area contributed by atoms with Crippen LogP contribution in [0.2, 0.25) is 0 Å². The fourth-order valence-corrected chi connectivity index (χ4v) is 2.00. The second-order valence-corrected chi connectivity index (χ2v) is 5.75. The van der Waals surface area contributed by atoms with E-state index in [2.05, 4.69) is 22.8 Å². The van der Waals surface area contributed by atoms with E-state index in [1.54, 1.807) is 13.4 Å². The van der Waals surface area contributed by atoms with Crippen LogP contribution in [0.3, 0.4) is 0 Å². The SMILES string of the molecule is CC.COCCN1CCC(NC(=O)OC(C)(C)C)CC1.CS. The lowest BCUT2D eigenvalue weighted by Gasteiger charge is -2.32. The molecular weight excluding hydrogens is 300 g/mol. The van der Waals surface area contributed by atoms with E-state index in [1.165, 1.54) is 0 Å². The predicted molar refractivity (Wildman–Crippen MR) is 97.0 cm³/mol. The van der Waals surface area contributed by atoms with Crippen LogP contribution in [0.5, 0.6) is 0 Å². The first-order valence-electron chi connectivity index (χ1n) is 8.06. The van der Waals surface area contributed by atoms with E-state index >= 15 is 0 Å². The number of piperidine rings is 1. The van der Waals surface area contributed by atoms with Gasteiger partial charge in [-0.05, 0) is 39.9 Å². The van der Waals surface area contributed by atoms with E-state index in [0.29, 0.717) is 0 Å². The molecule has 0 bridgehead atoms. The van der Waals surface area contributed by atoms with Gasteiger partial charge >= 0.3 is 6.09 Å². The van der Waals surface area contributed by atoms with Gasteiger partial charge in [-0.1, -0.05) is 13.8 Å². The summed E-state index contributed by atoms with van der Waals surface area (Å²) in [4.78, 5) is 14.0. The molecule has 0 aromatic carbocycles. The van der Waals surface area contributed by atoms with Crippen LogP contribution in [0, 0.1) is 0 Å². The summed E-state index contributed by atoms with van der Waals surface area (Å²) in [7, 11) is 1.72. The standard InChI is InChI=1S/C13H26N2O3.C2H6.CH4S/c1-13(2,3)18-12(16)14-11-5-7-15(8-6-11)9-10-17-4;2*1-2/h11H,5-10H2,1-4H3,(H,14,16);1-2H3;2H,1H3. The molecule has 0 radical (unpaired) electrons. The van der Waals surface area contributed by atoms with Gasteiger partial charge in [0.1, 0.15) is 5.60 Å². The summed E-state index contributed by atoms with van der Waals surface area (Å²) in [5.41, 5.74) is -0.427. The molecule has 0 aromatic rings. The number of nitrogens with one attached hydrogen (secondary N) is 1. The van der Waals surface area contributed by atoms with Crippen molar-refractivity contribution in [1.82, 2.24) is 10.2 Å². The number of carbonyl (C=O) groups excluding carboxylic acids is 1. The van der Waals surface area contributed by atoms with Crippen molar-refractivity contribution in [2.75, 3.05) is 39.6 Å². The molecule has 1 heterocycles. The number of hydrogen-bond donors (Lipinski definition) is 2. The number of methoxy groups -OCH3 is 1. The smallest absolute Gasteiger partial charge is 0.407 e. The van der Waals surface area contributed by atoms with Crippen LogP contribution >= 0.6 is 12.6 Å². The van der Waals surface area contributed by atoms with E-state index < -0.39 is 5.60 Å². The minimum absolute atomic E-state index is 0.235. The van der Waals surface area contributed by atoms with Gasteiger partial charge in [0, 0.05) is 32.8 Å². The monoisotopic (exact) mass is 336 g/mol. The highest BCUT2D eigenvalue weighted by Crippen LogP contribution is 2.12. The molecule has 1 rings (SSSR count). The zero-order chi connectivity index (χ0) is 17.6. The van der Waals surface area contributed by atoms with E-state index in [1.807, 2.05) is 34.6 Å². The van der Waals surface area contributed by atoms with Gasteiger partial charge in [-0.2, -0.15) is 12.6 Å². The number of carbonyl (C=O) groups is 1. The van der Waals surface area contributed by atoms with Crippen LogP contribution in [-0.2, 0) is 9.47 Å². The highest BCUT2D eigenvalue weighted by molar-refractivity contribution is 7.79. The second-order valence-electron chi connectivity index (χ2n) is 5.75. The van der Waals surface area contributed by atoms with Crippen molar-refractivity contribution >= 4 is 18.7 Å². The molecule has 6 heteroatoms. The Morgan fingerprint density at radius 2 is 1.73 bits per heavy atom. The molecule has 0 aliphatic carbocycles. The Morgan fingerprint density at radius 1 is 1.23 bits per heavy atom. The van der Waals surface area contributed by atoms with Crippen molar-refractivity contribution in [3.8, 4) is 0 Å². The minimum atomic E-state index is -0.427. The van der Waals surface area contributed by atoms with E-state index in [4.69, 9.17) is 9.47 Å². The molecule has 0 spiro atoms. The topological polar surface area (TPSA) is 50.8 Å². The summed E-state index contributed by atoms with van der Waals surface area (Å²) in [5, 5.41) is 2.93. The Hall–Kier alpha value is -0.460. The molecule has 1 amide bonds. The van der Waals surface area contributed by atoms with Gasteiger partial charge in [0.2, 0.25) is 0 Å². The van der Waals surface area contributed by atoms with Gasteiger partial charge in [0.15, 0.2) is 0 Å². The first kappa shape index (κ1) is 23.8. The van der Waals surface area contributed by atoms with Crippen LogP contribution in [0.25, 0.3) is 0 Å². The Labute approximate surface area is 142 Å². The largest absolute Gasteiger partial charge is 0.444 e. The number of nitrogens with zero attached hydrogens (tertiary/aromatic N) is 1. The highest BCUT2D eigenvalue weighted by atomic mass is 32.1. The lowest BCUT2D eigenvalue weighted by molar-refractivity contribution is 0.0472. The lowest BCUT2D eigenvalue weighted by atomic mass is 10.1. The molecule has 0 aromatic heterocycles. The van der Waals surface area contributed by atoms with Crippen molar-refractivity contribution in [3.63, 3.8) is 0 Å². The fourth-order valence-electron chi connectivity index (χ4n) is 2.00. The summed E-state index contributed by atoms with van der Waals surface area (Å²) in [6, 6.07) is 0.235. The normalized spacial score (nSPS) is 15.8. The second kappa shape index (κ2) is 14.2. The molecule has 0 unspecified atom stereocenters. The summed E-state index contributed by atoms with van der Waals surface area (Å²) in [5.74, 6) is 0. The van der Waals surface area contributed by atoms with Crippen molar-refractivity contribution in [1.29, 1.82) is 0 Å². The van der Waals surface area contributed by atoms with Gasteiger partial charge in [-0.25, -0.2) is 4.79 Å². The van der Waals surface area contributed by atoms with Crippen LogP contribution in [0.15, 0.2) is 0 Å². The molecule has 1 aliphatic rings. The Morgan fingerprint density at radius 3 is 2.14 bits per heavy atom. The van der Waals surface area contributed by atoms with Crippen molar-refractivity contribution in [2.24, 2.45) is 0 Å². The number of thiol groups is 1. The lowest BCUT2D eigenvalue weighted by Crippen LogP contribution is -2.46. The van der Waals surface area contributed by atoms with Crippen LogP contribution < -0.4 is 5.32 Å². The van der Waals surface area contributed by atoms with Gasteiger partial charge in [-0.3, -0.25) is 0 Å². The molecule has 1 N–H and O–H groups in total. The average molecular weight is 337 g/mol. The molecule has 5 nitrogen and oxygen atoms in total. The summed E-state index contributed by atoms with van der Waals surface area (Å²) in [6.45, 7) is 13.4. The molecule has 1 saturated heterocycles. The van der Waals surface area contributed by atoms with Gasteiger partial charge in [0.05, 0.1) is 6.61 Å². The van der Waals surface area contributed by atoms with Crippen LogP contribution in [-0.4, -0.2) is 62.2 Å². The zero-order valence-corrected chi connectivity index (χ0v) is 16.3. The molecule has 1 aliphatic heterocycles. The molecule has 0 atom stereocenters. The fraction of sp³-hybridized carbons (Fsp3) is 0.938. The number of alkyl carbamates (subject to hydrolysis) is 1. The molecule has 0 saturated carbocycles. The maximum absolute atomic E-state index is 11.6. The quantitative estimate of drug-likeness (QED) is 0.774. The Kier molecular flexibility index (Phi) is 15.3. The van der Waals surface area contributed by atoms with Crippen molar-refractivity contribution in [3.05, 3.63) is 0 Å². The summed E-state index contributed by atoms with van der Waals surface area (Å²) in [6.07, 6.45) is 3.34. The Balaban J connectivity index is 0. The Bertz CT molecular complexity index is 263. The van der Waals surface area contributed by atoms with E-state index in [-0.39, 0.29) is 12.1 Å². The number of ether oxygens (including phenoxy) is 2. The summed E-state index contributed by atoms with van der Waals surface area (Å²) < 4.78 is 10.3. The summed E-state index contributed by atoms with van der Waals surface area (Å²) >= 11 is 3.53. The molecule has 134 valence electrons. The van der Waals surface area contributed by atoms with Crippen LogP contribution in [0.1, 0.15) is 47.5 Å². The third kappa shape index (κ3) is 13.2. The maximum Gasteiger partial charge on any atom is 0.407 e. The average Bonchev–Trinajstić information content (AvgIpc) is 2.49. The van der Waals surface area contributed by atoms with Gasteiger partial charge in [-0.15, -0.1) is 0 Å². The molecule has 1 fully saturated rings. The number of likely N-dealkylation sites (tertiary alicyclic amines) is 1. The van der Waals surface area contributed by atoms with Crippen LogP contribution in [0.4, 0.5) is 4.79 Å². The number of rotatable bonds is 4. The first-order chi connectivity index (χ1) is 10.4. The van der Waals surface area contributed by atoms with Gasteiger partial charge < -0.3 is 19.7 Å². The number of hydrogen-bond acceptors (Lipinski definition) is 5. The molecule has 22 heavy (non-hydrogen) atoms. The van der Waals surface area contributed by atoms with E-state index in [9.17, 15) is 4.79 Å². The third-order valence-electron chi connectivity index (χ3n) is 2.92. The molecular formula is C16H36N2O3S. The minimum Gasteiger partial charge on any atom is -0.444 e. The highest BCUT2D eigenvalue weighted by Gasteiger charge is 2.23. The number of amides is 1.